The van der Waals surface area contributed by atoms with Crippen LogP contribution in [0, 0.1) is 0 Å². The number of hydrogen-bond donors (Lipinski definition) is 2. The first-order valence-corrected chi connectivity index (χ1v) is 7.00. The third-order valence-electron chi connectivity index (χ3n) is 2.38. The lowest BCUT2D eigenvalue weighted by Crippen LogP contribution is -2.24. The molecule has 100 valence electrons. The second-order valence-electron chi connectivity index (χ2n) is 4.09. The molecule has 18 heavy (non-hydrogen) atoms. The highest BCUT2D eigenvalue weighted by Gasteiger charge is 2.15. The van der Waals surface area contributed by atoms with Crippen LogP contribution in [-0.2, 0) is 4.79 Å². The summed E-state index contributed by atoms with van der Waals surface area (Å²) in [5, 5.41) is 6.71. The van der Waals surface area contributed by atoms with Crippen LogP contribution in [0.3, 0.4) is 0 Å². The highest BCUT2D eigenvalue weighted by atomic mass is 32.2. The number of anilines is 1. The third-order valence-corrected chi connectivity index (χ3v) is 3.38. The second kappa shape index (κ2) is 7.20. The van der Waals surface area contributed by atoms with Gasteiger partial charge in [0.15, 0.2) is 0 Å². The lowest BCUT2D eigenvalue weighted by atomic mass is 10.1. The molecule has 0 aliphatic heterocycles. The van der Waals surface area contributed by atoms with Crippen molar-refractivity contribution in [3.8, 4) is 0 Å². The van der Waals surface area contributed by atoms with Gasteiger partial charge < -0.3 is 10.6 Å². The van der Waals surface area contributed by atoms with Gasteiger partial charge in [-0.15, -0.1) is 0 Å². The van der Waals surface area contributed by atoms with E-state index in [0.29, 0.717) is 18.2 Å². The van der Waals surface area contributed by atoms with Crippen molar-refractivity contribution in [1.82, 2.24) is 15.3 Å². The predicted octanol–water partition coefficient (Wildman–Crippen LogP) is 1.87. The van der Waals surface area contributed by atoms with Crippen LogP contribution in [0.25, 0.3) is 0 Å². The Morgan fingerprint density at radius 2 is 2.17 bits per heavy atom. The molecule has 0 aliphatic carbocycles. The number of rotatable bonds is 6. The van der Waals surface area contributed by atoms with Gasteiger partial charge >= 0.3 is 0 Å². The van der Waals surface area contributed by atoms with Crippen LogP contribution < -0.4 is 10.6 Å². The fourth-order valence-corrected chi connectivity index (χ4v) is 2.58. The van der Waals surface area contributed by atoms with E-state index in [1.165, 1.54) is 18.1 Å². The van der Waals surface area contributed by atoms with Gasteiger partial charge in [0.25, 0.3) is 0 Å². The molecule has 1 amide bonds. The number of amides is 1. The van der Waals surface area contributed by atoms with Crippen molar-refractivity contribution in [3.63, 3.8) is 0 Å². The largest absolute Gasteiger partial charge is 0.373 e. The molecule has 1 rings (SSSR count). The molecule has 0 fully saturated rings. The van der Waals surface area contributed by atoms with Crippen LogP contribution in [0.15, 0.2) is 11.4 Å². The molecule has 1 aromatic rings. The summed E-state index contributed by atoms with van der Waals surface area (Å²) in [5.74, 6) is 1.55. The van der Waals surface area contributed by atoms with Crippen LogP contribution in [-0.4, -0.2) is 35.2 Å². The molecular formula is C12H20N4OS. The first-order chi connectivity index (χ1) is 8.60. The Balaban J connectivity index is 2.84. The highest BCUT2D eigenvalue weighted by Crippen LogP contribution is 2.30. The summed E-state index contributed by atoms with van der Waals surface area (Å²) in [7, 11) is 1.84. The van der Waals surface area contributed by atoms with Crippen LogP contribution in [0.2, 0.25) is 0 Å². The summed E-state index contributed by atoms with van der Waals surface area (Å²) >= 11 is 1.45. The van der Waals surface area contributed by atoms with Crippen LogP contribution in [0.4, 0.5) is 5.82 Å². The van der Waals surface area contributed by atoms with Gasteiger partial charge in [0.1, 0.15) is 17.2 Å². The van der Waals surface area contributed by atoms with Crippen LogP contribution in [0.1, 0.15) is 32.3 Å². The molecule has 0 saturated carbocycles. The van der Waals surface area contributed by atoms with Gasteiger partial charge in [-0.25, -0.2) is 9.97 Å². The van der Waals surface area contributed by atoms with Crippen molar-refractivity contribution in [3.05, 3.63) is 11.9 Å². The molecule has 0 atom stereocenters. The summed E-state index contributed by atoms with van der Waals surface area (Å²) in [6.45, 7) is 6.75. The highest BCUT2D eigenvalue weighted by molar-refractivity contribution is 7.99. The molecule has 0 radical (unpaired) electrons. The molecule has 0 aliphatic rings. The Morgan fingerprint density at radius 3 is 2.72 bits per heavy atom. The van der Waals surface area contributed by atoms with E-state index in [1.807, 2.05) is 14.0 Å². The Bertz CT molecular complexity index is 409. The van der Waals surface area contributed by atoms with Crippen LogP contribution >= 0.6 is 11.8 Å². The van der Waals surface area contributed by atoms with E-state index in [-0.39, 0.29) is 5.91 Å². The molecule has 0 unspecified atom stereocenters. The number of nitrogens with zero attached hydrogens (tertiary/aromatic N) is 2. The van der Waals surface area contributed by atoms with Crippen molar-refractivity contribution >= 4 is 23.5 Å². The molecule has 6 heteroatoms. The summed E-state index contributed by atoms with van der Waals surface area (Å²) in [6, 6.07) is 0. The topological polar surface area (TPSA) is 66.9 Å². The lowest BCUT2D eigenvalue weighted by Gasteiger charge is -2.14. The van der Waals surface area contributed by atoms with Crippen LogP contribution in [0.5, 0.6) is 0 Å². The van der Waals surface area contributed by atoms with E-state index in [2.05, 4.69) is 34.4 Å². The summed E-state index contributed by atoms with van der Waals surface area (Å²) < 4.78 is 0. The molecule has 0 saturated heterocycles. The lowest BCUT2D eigenvalue weighted by molar-refractivity contribution is -0.118. The summed E-state index contributed by atoms with van der Waals surface area (Å²) in [6.07, 6.45) is 1.53. The van der Waals surface area contributed by atoms with Crippen molar-refractivity contribution in [2.24, 2.45) is 0 Å². The van der Waals surface area contributed by atoms with Crippen molar-refractivity contribution < 1.29 is 4.79 Å². The monoisotopic (exact) mass is 268 g/mol. The summed E-state index contributed by atoms with van der Waals surface area (Å²) in [5.41, 5.74) is 1.06. The molecule has 2 N–H and O–H groups in total. The van der Waals surface area contributed by atoms with Crippen molar-refractivity contribution in [1.29, 1.82) is 0 Å². The molecule has 0 bridgehead atoms. The van der Waals surface area contributed by atoms with E-state index < -0.39 is 0 Å². The van der Waals surface area contributed by atoms with E-state index >= 15 is 0 Å². The number of carbonyl (C=O) groups excluding carboxylic acids is 1. The molecule has 0 spiro atoms. The maximum atomic E-state index is 11.5. The number of thioether (sulfide) groups is 1. The van der Waals surface area contributed by atoms with E-state index in [4.69, 9.17) is 0 Å². The van der Waals surface area contributed by atoms with Gasteiger partial charge in [0.05, 0.1) is 5.75 Å². The molecule has 1 heterocycles. The fraction of sp³-hybridized carbons (Fsp3) is 0.583. The zero-order valence-electron chi connectivity index (χ0n) is 11.3. The minimum absolute atomic E-state index is 0.0295. The number of nitrogens with one attached hydrogen (secondary N) is 2. The standard InChI is InChI=1S/C12H20N4OS/c1-5-14-9(17)6-18-12-10(8(2)3)11(13-4)15-7-16-12/h7-8H,5-6H2,1-4H3,(H,14,17)(H,13,15,16). The van der Waals surface area contributed by atoms with Gasteiger partial charge in [0.2, 0.25) is 5.91 Å². The number of carbonyl (C=O) groups is 1. The Labute approximate surface area is 112 Å². The van der Waals surface area contributed by atoms with Gasteiger partial charge in [-0.05, 0) is 12.8 Å². The molecule has 0 aromatic carbocycles. The normalized spacial score (nSPS) is 10.5. The Hall–Kier alpha value is -1.30. The van der Waals surface area contributed by atoms with Crippen molar-refractivity contribution in [2.45, 2.75) is 31.7 Å². The van der Waals surface area contributed by atoms with Gasteiger partial charge in [-0.1, -0.05) is 25.6 Å². The minimum Gasteiger partial charge on any atom is -0.373 e. The fourth-order valence-electron chi connectivity index (χ4n) is 1.60. The number of aromatic nitrogens is 2. The zero-order chi connectivity index (χ0) is 13.5. The van der Waals surface area contributed by atoms with E-state index in [0.717, 1.165) is 16.4 Å². The van der Waals surface area contributed by atoms with Gasteiger partial charge in [-0.2, -0.15) is 0 Å². The molecule has 5 nitrogen and oxygen atoms in total. The third kappa shape index (κ3) is 3.87. The second-order valence-corrected chi connectivity index (χ2v) is 5.05. The Kier molecular flexibility index (Phi) is 5.91. The SMILES string of the molecule is CCNC(=O)CSc1ncnc(NC)c1C(C)C. The maximum Gasteiger partial charge on any atom is 0.230 e. The smallest absolute Gasteiger partial charge is 0.230 e. The van der Waals surface area contributed by atoms with Gasteiger partial charge in [-0.3, -0.25) is 4.79 Å². The van der Waals surface area contributed by atoms with Crippen molar-refractivity contribution in [2.75, 3.05) is 24.7 Å². The minimum atomic E-state index is 0.0295. The Morgan fingerprint density at radius 1 is 1.44 bits per heavy atom. The van der Waals surface area contributed by atoms with Gasteiger partial charge in [0, 0.05) is 19.2 Å². The molecular weight excluding hydrogens is 248 g/mol. The average Bonchev–Trinajstić information content (AvgIpc) is 2.35. The first-order valence-electron chi connectivity index (χ1n) is 6.02. The quantitative estimate of drug-likeness (QED) is 0.609. The number of hydrogen-bond acceptors (Lipinski definition) is 5. The van der Waals surface area contributed by atoms with E-state index in [9.17, 15) is 4.79 Å². The average molecular weight is 268 g/mol. The maximum absolute atomic E-state index is 11.5. The molecule has 1 aromatic heterocycles. The summed E-state index contributed by atoms with van der Waals surface area (Å²) in [4.78, 5) is 19.9. The first kappa shape index (κ1) is 14.8. The zero-order valence-corrected chi connectivity index (χ0v) is 12.1. The predicted molar refractivity (Wildman–Crippen MR) is 75.1 cm³/mol. The van der Waals surface area contributed by atoms with E-state index in [1.54, 1.807) is 0 Å².